The van der Waals surface area contributed by atoms with E-state index >= 15 is 0 Å². The first-order valence-corrected chi connectivity index (χ1v) is 7.93. The number of amides is 2. The molecule has 0 aliphatic carbocycles. The highest BCUT2D eigenvalue weighted by molar-refractivity contribution is 5.89. The second-order valence-corrected chi connectivity index (χ2v) is 5.42. The third kappa shape index (κ3) is 4.78. The third-order valence-corrected chi connectivity index (χ3v) is 3.59. The van der Waals surface area contributed by atoms with Gasteiger partial charge in [-0.3, -0.25) is 9.59 Å². The second kappa shape index (κ2) is 8.95. The second-order valence-electron chi connectivity index (χ2n) is 5.42. The first-order valence-electron chi connectivity index (χ1n) is 7.93. The summed E-state index contributed by atoms with van der Waals surface area (Å²) < 4.78 is 0. The van der Waals surface area contributed by atoms with Crippen molar-refractivity contribution in [2.24, 2.45) is 0 Å². The molecule has 0 aromatic rings. The summed E-state index contributed by atoms with van der Waals surface area (Å²) in [7, 11) is 0. The summed E-state index contributed by atoms with van der Waals surface area (Å²) in [6.07, 6.45) is 3.17. The van der Waals surface area contributed by atoms with Gasteiger partial charge in [-0.15, -0.1) is 0 Å². The summed E-state index contributed by atoms with van der Waals surface area (Å²) in [5.74, 6) is 0.178. The fourth-order valence-corrected chi connectivity index (χ4v) is 2.65. The van der Waals surface area contributed by atoms with E-state index in [9.17, 15) is 9.59 Å². The molecule has 1 heterocycles. The summed E-state index contributed by atoms with van der Waals surface area (Å²) in [6.45, 7) is 10.1. The van der Waals surface area contributed by atoms with Gasteiger partial charge in [-0.05, 0) is 19.3 Å². The quantitative estimate of drug-likeness (QED) is 0.729. The van der Waals surface area contributed by atoms with Gasteiger partial charge in [0.05, 0.1) is 12.5 Å². The van der Waals surface area contributed by atoms with Gasteiger partial charge in [-0.2, -0.15) is 0 Å². The fraction of sp³-hybridized carbons (Fsp3) is 0.867. The van der Waals surface area contributed by atoms with Crippen molar-refractivity contribution in [1.82, 2.24) is 15.1 Å². The lowest BCUT2D eigenvalue weighted by Crippen LogP contribution is -2.56. The molecule has 116 valence electrons. The lowest BCUT2D eigenvalue weighted by Gasteiger charge is -2.33. The Bertz CT molecular complexity index is 312. The standard InChI is InChI=1S/C15H29N3O2/c1-4-8-17(9-5-2)14(19)12-13-15(20)18(10-6-3)11-7-16-13/h13,16H,4-12H2,1-3H3. The van der Waals surface area contributed by atoms with Gasteiger partial charge < -0.3 is 15.1 Å². The van der Waals surface area contributed by atoms with Crippen LogP contribution in [-0.4, -0.2) is 60.4 Å². The Kier molecular flexibility index (Phi) is 7.59. The first-order chi connectivity index (χ1) is 9.63. The molecule has 2 amide bonds. The van der Waals surface area contributed by atoms with Gasteiger partial charge in [-0.25, -0.2) is 0 Å². The summed E-state index contributed by atoms with van der Waals surface area (Å²) >= 11 is 0. The van der Waals surface area contributed by atoms with Gasteiger partial charge in [0, 0.05) is 32.7 Å². The Morgan fingerprint density at radius 2 is 1.90 bits per heavy atom. The summed E-state index contributed by atoms with van der Waals surface area (Å²) in [6, 6.07) is -0.334. The first kappa shape index (κ1) is 17.0. The monoisotopic (exact) mass is 283 g/mol. The van der Waals surface area contributed by atoms with E-state index in [0.29, 0.717) is 6.42 Å². The SMILES string of the molecule is CCCN(CCC)C(=O)CC1NCCN(CCC)C1=O. The van der Waals surface area contributed by atoms with Crippen molar-refractivity contribution in [2.45, 2.75) is 52.5 Å². The normalized spacial score (nSPS) is 19.2. The van der Waals surface area contributed by atoms with E-state index in [1.54, 1.807) is 0 Å². The molecule has 0 saturated carbocycles. The largest absolute Gasteiger partial charge is 0.343 e. The van der Waals surface area contributed by atoms with Crippen LogP contribution in [0.1, 0.15) is 46.5 Å². The number of piperazine rings is 1. The predicted octanol–water partition coefficient (Wildman–Crippen LogP) is 1.24. The zero-order chi connectivity index (χ0) is 15.0. The van der Waals surface area contributed by atoms with E-state index < -0.39 is 0 Å². The lowest BCUT2D eigenvalue weighted by molar-refractivity contribution is -0.141. The molecule has 1 saturated heterocycles. The molecule has 0 bridgehead atoms. The van der Waals surface area contributed by atoms with Crippen LogP contribution in [0.4, 0.5) is 0 Å². The number of nitrogens with zero attached hydrogens (tertiary/aromatic N) is 2. The van der Waals surface area contributed by atoms with Crippen molar-refractivity contribution in [1.29, 1.82) is 0 Å². The fourth-order valence-electron chi connectivity index (χ4n) is 2.65. The highest BCUT2D eigenvalue weighted by Crippen LogP contribution is 2.09. The van der Waals surface area contributed by atoms with Crippen LogP contribution in [0, 0.1) is 0 Å². The van der Waals surface area contributed by atoms with Crippen LogP contribution < -0.4 is 5.32 Å². The van der Waals surface area contributed by atoms with E-state index in [-0.39, 0.29) is 17.9 Å². The molecule has 1 rings (SSSR count). The molecule has 1 aliphatic heterocycles. The van der Waals surface area contributed by atoms with Crippen molar-refractivity contribution < 1.29 is 9.59 Å². The van der Waals surface area contributed by atoms with Crippen LogP contribution >= 0.6 is 0 Å². The molecule has 0 aromatic heterocycles. The Morgan fingerprint density at radius 3 is 2.45 bits per heavy atom. The van der Waals surface area contributed by atoms with Gasteiger partial charge in [0.15, 0.2) is 0 Å². The van der Waals surface area contributed by atoms with Gasteiger partial charge in [0.2, 0.25) is 11.8 Å². The van der Waals surface area contributed by atoms with Crippen LogP contribution in [-0.2, 0) is 9.59 Å². The number of carbonyl (C=O) groups excluding carboxylic acids is 2. The van der Waals surface area contributed by atoms with Crippen LogP contribution in [0.2, 0.25) is 0 Å². The molecular formula is C15H29N3O2. The minimum absolute atomic E-state index is 0.0828. The molecule has 20 heavy (non-hydrogen) atoms. The van der Waals surface area contributed by atoms with E-state index in [0.717, 1.165) is 52.0 Å². The van der Waals surface area contributed by atoms with Gasteiger partial charge in [0.25, 0.3) is 0 Å². The average Bonchev–Trinajstić information content (AvgIpc) is 2.43. The topological polar surface area (TPSA) is 52.7 Å². The van der Waals surface area contributed by atoms with E-state index in [1.165, 1.54) is 0 Å². The molecule has 5 heteroatoms. The Balaban J connectivity index is 2.56. The third-order valence-electron chi connectivity index (χ3n) is 3.59. The summed E-state index contributed by atoms with van der Waals surface area (Å²) in [5.41, 5.74) is 0. The Morgan fingerprint density at radius 1 is 1.25 bits per heavy atom. The molecule has 1 atom stereocenters. The number of hydrogen-bond donors (Lipinski definition) is 1. The summed E-state index contributed by atoms with van der Waals surface area (Å²) in [4.78, 5) is 28.4. The van der Waals surface area contributed by atoms with Crippen LogP contribution in [0.15, 0.2) is 0 Å². The molecule has 1 unspecified atom stereocenters. The maximum atomic E-state index is 12.3. The highest BCUT2D eigenvalue weighted by atomic mass is 16.2. The molecule has 0 aromatic carbocycles. The van der Waals surface area contributed by atoms with Crippen molar-refractivity contribution in [3.63, 3.8) is 0 Å². The van der Waals surface area contributed by atoms with Gasteiger partial charge >= 0.3 is 0 Å². The molecule has 0 radical (unpaired) electrons. The highest BCUT2D eigenvalue weighted by Gasteiger charge is 2.30. The smallest absolute Gasteiger partial charge is 0.240 e. The van der Waals surface area contributed by atoms with Crippen LogP contribution in [0.5, 0.6) is 0 Å². The van der Waals surface area contributed by atoms with Crippen LogP contribution in [0.25, 0.3) is 0 Å². The Labute approximate surface area is 122 Å². The number of hydrogen-bond acceptors (Lipinski definition) is 3. The summed E-state index contributed by atoms with van der Waals surface area (Å²) in [5, 5.41) is 3.19. The molecule has 1 N–H and O–H groups in total. The lowest BCUT2D eigenvalue weighted by atomic mass is 10.1. The molecule has 1 fully saturated rings. The van der Waals surface area contributed by atoms with E-state index in [4.69, 9.17) is 0 Å². The molecule has 1 aliphatic rings. The van der Waals surface area contributed by atoms with Gasteiger partial charge in [-0.1, -0.05) is 20.8 Å². The zero-order valence-corrected chi connectivity index (χ0v) is 13.2. The maximum absolute atomic E-state index is 12.3. The predicted molar refractivity (Wildman–Crippen MR) is 80.4 cm³/mol. The van der Waals surface area contributed by atoms with Crippen molar-refractivity contribution >= 4 is 11.8 Å². The van der Waals surface area contributed by atoms with Crippen LogP contribution in [0.3, 0.4) is 0 Å². The average molecular weight is 283 g/mol. The van der Waals surface area contributed by atoms with E-state index in [2.05, 4.69) is 26.1 Å². The van der Waals surface area contributed by atoms with Crippen molar-refractivity contribution in [2.75, 3.05) is 32.7 Å². The van der Waals surface area contributed by atoms with Gasteiger partial charge in [0.1, 0.15) is 0 Å². The molecule has 0 spiro atoms. The molecular weight excluding hydrogens is 254 g/mol. The maximum Gasteiger partial charge on any atom is 0.240 e. The number of carbonyl (C=O) groups is 2. The van der Waals surface area contributed by atoms with E-state index in [1.807, 2.05) is 9.80 Å². The number of rotatable bonds is 8. The minimum Gasteiger partial charge on any atom is -0.343 e. The zero-order valence-electron chi connectivity index (χ0n) is 13.2. The molecule has 5 nitrogen and oxygen atoms in total. The number of nitrogens with one attached hydrogen (secondary N) is 1. The minimum atomic E-state index is -0.334. The van der Waals surface area contributed by atoms with Crippen molar-refractivity contribution in [3.05, 3.63) is 0 Å². The Hall–Kier alpha value is -1.10. The van der Waals surface area contributed by atoms with Crippen molar-refractivity contribution in [3.8, 4) is 0 Å².